The van der Waals surface area contributed by atoms with Gasteiger partial charge in [-0.2, -0.15) is 5.26 Å². The number of benzene rings is 1. The van der Waals surface area contributed by atoms with E-state index in [2.05, 4.69) is 25.1 Å². The summed E-state index contributed by atoms with van der Waals surface area (Å²) in [5.41, 5.74) is 0.675. The second-order valence-corrected chi connectivity index (χ2v) is 8.62. The molecule has 1 aromatic rings. The summed E-state index contributed by atoms with van der Waals surface area (Å²) in [6.07, 6.45) is 18.9. The van der Waals surface area contributed by atoms with Gasteiger partial charge in [-0.05, 0) is 86.5 Å². The average Bonchev–Trinajstić information content (AvgIpc) is 2.73. The Bertz CT molecular complexity index is 611. The molecule has 0 saturated heterocycles. The molecule has 2 nitrogen and oxygen atoms in total. The molecule has 1 aromatic carbocycles. The van der Waals surface area contributed by atoms with Crippen LogP contribution in [-0.4, -0.2) is 6.61 Å². The first-order chi connectivity index (χ1) is 13.3. The maximum absolute atomic E-state index is 8.82. The molecule has 0 atom stereocenters. The molecule has 2 aliphatic rings. The van der Waals surface area contributed by atoms with Crippen molar-refractivity contribution in [3.05, 3.63) is 42.0 Å². The van der Waals surface area contributed by atoms with Crippen LogP contribution in [0.2, 0.25) is 0 Å². The molecule has 0 spiro atoms. The summed E-state index contributed by atoms with van der Waals surface area (Å²) in [7, 11) is 0. The minimum Gasteiger partial charge on any atom is -0.490 e. The standard InChI is InChI=1S/C25H35NO/c1-2-4-20-6-12-23(13-7-20)24-14-8-21(9-15-24)5-3-18-27-25-16-10-22(19-26)11-17-25/h3,5,10-11,16-17,20-21,23-24H,2,4,6-9,12-15,18H2,1H3/b5-3+. The van der Waals surface area contributed by atoms with Gasteiger partial charge in [-0.1, -0.05) is 44.8 Å². The van der Waals surface area contributed by atoms with Gasteiger partial charge in [0.25, 0.3) is 0 Å². The summed E-state index contributed by atoms with van der Waals surface area (Å²) in [6, 6.07) is 9.47. The van der Waals surface area contributed by atoms with Crippen molar-refractivity contribution < 1.29 is 4.74 Å². The molecule has 0 unspecified atom stereocenters. The number of hydrogen-bond donors (Lipinski definition) is 0. The predicted octanol–water partition coefficient (Wildman–Crippen LogP) is 6.91. The van der Waals surface area contributed by atoms with Crippen LogP contribution in [-0.2, 0) is 0 Å². The number of ether oxygens (including phenoxy) is 1. The molecule has 0 aliphatic heterocycles. The van der Waals surface area contributed by atoms with Crippen molar-refractivity contribution in [2.75, 3.05) is 6.61 Å². The zero-order chi connectivity index (χ0) is 18.9. The van der Waals surface area contributed by atoms with Crippen LogP contribution >= 0.6 is 0 Å². The van der Waals surface area contributed by atoms with Crippen LogP contribution in [0.5, 0.6) is 5.75 Å². The first-order valence-electron chi connectivity index (χ1n) is 11.1. The van der Waals surface area contributed by atoms with E-state index in [0.29, 0.717) is 12.2 Å². The average molecular weight is 366 g/mol. The van der Waals surface area contributed by atoms with E-state index in [-0.39, 0.29) is 0 Å². The third kappa shape index (κ3) is 6.13. The lowest BCUT2D eigenvalue weighted by Crippen LogP contribution is -2.25. The maximum atomic E-state index is 8.82. The third-order valence-electron chi connectivity index (χ3n) is 6.81. The van der Waals surface area contributed by atoms with Crippen LogP contribution in [0.3, 0.4) is 0 Å². The number of nitriles is 1. The third-order valence-corrected chi connectivity index (χ3v) is 6.81. The lowest BCUT2D eigenvalue weighted by molar-refractivity contribution is 0.152. The molecule has 27 heavy (non-hydrogen) atoms. The lowest BCUT2D eigenvalue weighted by atomic mass is 9.69. The summed E-state index contributed by atoms with van der Waals surface area (Å²) < 4.78 is 5.75. The molecule has 2 saturated carbocycles. The van der Waals surface area contributed by atoms with Crippen LogP contribution in [0.1, 0.15) is 76.7 Å². The van der Waals surface area contributed by atoms with Crippen molar-refractivity contribution in [3.63, 3.8) is 0 Å². The minimum absolute atomic E-state index is 0.618. The van der Waals surface area contributed by atoms with Gasteiger partial charge in [0.15, 0.2) is 0 Å². The summed E-state index contributed by atoms with van der Waals surface area (Å²) >= 11 is 0. The Balaban J connectivity index is 1.33. The molecule has 3 rings (SSSR count). The largest absolute Gasteiger partial charge is 0.490 e. The highest BCUT2D eigenvalue weighted by atomic mass is 16.5. The van der Waals surface area contributed by atoms with Crippen molar-refractivity contribution in [2.24, 2.45) is 23.7 Å². The van der Waals surface area contributed by atoms with E-state index in [9.17, 15) is 0 Å². The van der Waals surface area contributed by atoms with E-state index in [0.717, 1.165) is 29.4 Å². The van der Waals surface area contributed by atoms with Gasteiger partial charge in [0, 0.05) is 0 Å². The summed E-state index contributed by atoms with van der Waals surface area (Å²) in [4.78, 5) is 0. The predicted molar refractivity (Wildman–Crippen MR) is 112 cm³/mol. The lowest BCUT2D eigenvalue weighted by Gasteiger charge is -2.37. The first kappa shape index (κ1) is 20.0. The van der Waals surface area contributed by atoms with Crippen LogP contribution < -0.4 is 4.74 Å². The van der Waals surface area contributed by atoms with Crippen molar-refractivity contribution in [1.29, 1.82) is 5.26 Å². The van der Waals surface area contributed by atoms with Crippen LogP contribution in [0, 0.1) is 35.0 Å². The summed E-state index contributed by atoms with van der Waals surface area (Å²) in [6.45, 7) is 2.95. The van der Waals surface area contributed by atoms with E-state index in [1.165, 1.54) is 64.2 Å². The Hall–Kier alpha value is -1.75. The van der Waals surface area contributed by atoms with Gasteiger partial charge in [-0.25, -0.2) is 0 Å². The maximum Gasteiger partial charge on any atom is 0.119 e. The molecular formula is C25H35NO. The highest BCUT2D eigenvalue weighted by Gasteiger charge is 2.29. The van der Waals surface area contributed by atoms with Gasteiger partial charge in [0.2, 0.25) is 0 Å². The van der Waals surface area contributed by atoms with E-state index in [1.54, 1.807) is 12.1 Å². The fourth-order valence-electron chi connectivity index (χ4n) is 5.18. The topological polar surface area (TPSA) is 33.0 Å². The molecule has 0 N–H and O–H groups in total. The van der Waals surface area contributed by atoms with Crippen LogP contribution in [0.4, 0.5) is 0 Å². The SMILES string of the molecule is CCCC1CCC(C2CCC(/C=C/COc3ccc(C#N)cc3)CC2)CC1. The summed E-state index contributed by atoms with van der Waals surface area (Å²) in [5, 5.41) is 8.82. The van der Waals surface area contributed by atoms with E-state index < -0.39 is 0 Å². The number of rotatable bonds is 7. The molecule has 0 radical (unpaired) electrons. The van der Waals surface area contributed by atoms with Crippen molar-refractivity contribution >= 4 is 0 Å². The second kappa shape index (κ2) is 10.5. The Morgan fingerprint density at radius 3 is 2.19 bits per heavy atom. The minimum atomic E-state index is 0.618. The van der Waals surface area contributed by atoms with Crippen molar-refractivity contribution in [2.45, 2.75) is 71.1 Å². The molecule has 2 aliphatic carbocycles. The number of nitrogens with zero attached hydrogens (tertiary/aromatic N) is 1. The normalized spacial score (nSPS) is 28.7. The molecule has 0 heterocycles. The Morgan fingerprint density at radius 2 is 1.59 bits per heavy atom. The van der Waals surface area contributed by atoms with Gasteiger partial charge < -0.3 is 4.74 Å². The fourth-order valence-corrected chi connectivity index (χ4v) is 5.18. The summed E-state index contributed by atoms with van der Waals surface area (Å²) in [5.74, 6) is 4.61. The molecule has 146 valence electrons. The molecule has 0 aromatic heterocycles. The van der Waals surface area contributed by atoms with Gasteiger partial charge in [0.05, 0.1) is 11.6 Å². The molecule has 0 bridgehead atoms. The number of allylic oxidation sites excluding steroid dienone is 1. The zero-order valence-corrected chi connectivity index (χ0v) is 16.9. The Labute approximate surface area is 165 Å². The van der Waals surface area contributed by atoms with E-state index >= 15 is 0 Å². The first-order valence-corrected chi connectivity index (χ1v) is 11.1. The molecule has 2 fully saturated rings. The van der Waals surface area contributed by atoms with Gasteiger partial charge in [0.1, 0.15) is 12.4 Å². The van der Waals surface area contributed by atoms with E-state index in [4.69, 9.17) is 10.00 Å². The van der Waals surface area contributed by atoms with E-state index in [1.807, 2.05) is 12.1 Å². The fraction of sp³-hybridized carbons (Fsp3) is 0.640. The van der Waals surface area contributed by atoms with Crippen molar-refractivity contribution in [1.82, 2.24) is 0 Å². The highest BCUT2D eigenvalue weighted by Crippen LogP contribution is 2.42. The van der Waals surface area contributed by atoms with Crippen LogP contribution in [0.25, 0.3) is 0 Å². The highest BCUT2D eigenvalue weighted by molar-refractivity contribution is 5.34. The molecular weight excluding hydrogens is 330 g/mol. The quantitative estimate of drug-likeness (QED) is 0.492. The Morgan fingerprint density at radius 1 is 0.963 bits per heavy atom. The monoisotopic (exact) mass is 365 g/mol. The smallest absolute Gasteiger partial charge is 0.119 e. The van der Waals surface area contributed by atoms with Gasteiger partial charge >= 0.3 is 0 Å². The van der Waals surface area contributed by atoms with Crippen molar-refractivity contribution in [3.8, 4) is 11.8 Å². The molecule has 0 amide bonds. The number of hydrogen-bond acceptors (Lipinski definition) is 2. The van der Waals surface area contributed by atoms with Gasteiger partial charge in [-0.15, -0.1) is 0 Å². The second-order valence-electron chi connectivity index (χ2n) is 8.62. The molecule has 2 heteroatoms. The van der Waals surface area contributed by atoms with Crippen LogP contribution in [0.15, 0.2) is 36.4 Å². The zero-order valence-electron chi connectivity index (χ0n) is 16.9. The Kier molecular flexibility index (Phi) is 7.81. The van der Waals surface area contributed by atoms with Gasteiger partial charge in [-0.3, -0.25) is 0 Å².